The lowest BCUT2D eigenvalue weighted by Crippen LogP contribution is -2.41. The summed E-state index contributed by atoms with van der Waals surface area (Å²) in [6.07, 6.45) is 72.7. The van der Waals surface area contributed by atoms with E-state index in [9.17, 15) is 0 Å². The topological polar surface area (TPSA) is 88.5 Å². The van der Waals surface area contributed by atoms with Crippen molar-refractivity contribution in [2.24, 2.45) is 0 Å². The second-order valence-electron chi connectivity index (χ2n) is 42.2. The minimum atomic E-state index is -0.370. The lowest BCUT2D eigenvalue weighted by atomic mass is 9.67. The lowest BCUT2D eigenvalue weighted by molar-refractivity contribution is 0.00578. The molecule has 0 saturated carbocycles. The van der Waals surface area contributed by atoms with Gasteiger partial charge in [-0.1, -0.05) is 410 Å². The Kier molecular flexibility index (Phi) is 46.9. The van der Waals surface area contributed by atoms with Crippen LogP contribution in [-0.2, 0) is 55.1 Å². The van der Waals surface area contributed by atoms with Crippen molar-refractivity contribution in [3.63, 3.8) is 0 Å². The first kappa shape index (κ1) is 110. The highest BCUT2D eigenvalue weighted by Gasteiger charge is 2.55. The van der Waals surface area contributed by atoms with Gasteiger partial charge in [0.25, 0.3) is 0 Å². The van der Waals surface area contributed by atoms with E-state index in [0.717, 1.165) is 69.5 Å². The van der Waals surface area contributed by atoms with Gasteiger partial charge in [-0.3, -0.25) is 0 Å². The SMILES string of the molecule is CCCCCCCCC1(CCCCCCCC)c2cc(B3OC(C)(C)C(C)(C)O3)ccc2-c2ccc(B3OC(C)(C)C(C)(C)O3)cc21.CCCCCCCCc1nc(-c2nc(CCCCCCCC)c(-c3ccc4c(c3)C(CCCCCCCC)(CCCCCCCC)c3cc(C)ccc3-4)s2)sc1C.CCCCCCCCc1nc(-c2nc(CCCCCCCC)c(Br)s2)sc1Br. The molecule has 0 radical (unpaired) electrons. The van der Waals surface area contributed by atoms with Crippen molar-refractivity contribution in [1.29, 1.82) is 0 Å². The fraction of sp³-hybridized carbons (Fsp3) is 0.690. The second kappa shape index (κ2) is 56.1. The van der Waals surface area contributed by atoms with Crippen molar-refractivity contribution < 1.29 is 18.6 Å². The Morgan fingerprint density at radius 2 is 0.530 bits per heavy atom. The number of hydrogen-bond donors (Lipinski definition) is 0. The summed E-state index contributed by atoms with van der Waals surface area (Å²) >= 11 is 14.7. The number of benzene rings is 4. The third-order valence-electron chi connectivity index (χ3n) is 30.4. The number of nitrogens with zero attached hydrogens (tertiary/aromatic N) is 4. The van der Waals surface area contributed by atoms with Crippen LogP contribution in [0.4, 0.5) is 0 Å². The number of fused-ring (bicyclic) bond motifs is 6. The molecule has 0 unspecified atom stereocenters. The zero-order valence-electron chi connectivity index (χ0n) is 86.5. The van der Waals surface area contributed by atoms with Crippen LogP contribution in [-0.4, -0.2) is 56.6 Å². The number of rotatable bonds is 61. The Morgan fingerprint density at radius 1 is 0.273 bits per heavy atom. The maximum atomic E-state index is 6.60. The molecular weight excluding hydrogens is 1820 g/mol. The van der Waals surface area contributed by atoms with Gasteiger partial charge in [0.05, 0.1) is 57.6 Å². The molecule has 4 aromatic carbocycles. The summed E-state index contributed by atoms with van der Waals surface area (Å²) in [5.41, 5.74) is 20.5. The van der Waals surface area contributed by atoms with E-state index in [1.54, 1.807) is 33.8 Å². The zero-order valence-corrected chi connectivity index (χ0v) is 92.9. The first-order chi connectivity index (χ1) is 63.8. The van der Waals surface area contributed by atoms with Gasteiger partial charge in [0, 0.05) is 15.7 Å². The van der Waals surface area contributed by atoms with Gasteiger partial charge in [0.15, 0.2) is 20.0 Å². The number of halogens is 2. The van der Waals surface area contributed by atoms with Crippen LogP contribution in [0.3, 0.4) is 0 Å². The number of aryl methyl sites for hydroxylation is 6. The molecule has 4 aromatic heterocycles. The third kappa shape index (κ3) is 30.7. The van der Waals surface area contributed by atoms with Crippen molar-refractivity contribution in [2.75, 3.05) is 0 Å². The van der Waals surface area contributed by atoms with E-state index >= 15 is 0 Å². The smallest absolute Gasteiger partial charge is 0.399 e. The van der Waals surface area contributed by atoms with Gasteiger partial charge in [-0.25, -0.2) is 19.9 Å². The highest BCUT2D eigenvalue weighted by molar-refractivity contribution is 9.11. The zero-order chi connectivity index (χ0) is 94.6. The van der Waals surface area contributed by atoms with Crippen LogP contribution in [0.5, 0.6) is 0 Å². The average Bonchev–Trinajstić information content (AvgIpc) is 1.56. The average molecular weight is 2000 g/mol. The predicted molar refractivity (Wildman–Crippen MR) is 587 cm³/mol. The molecular formula is C116H178B2Br2N4O4S4. The minimum Gasteiger partial charge on any atom is -0.399 e. The minimum absolute atomic E-state index is 0.0561. The Labute approximate surface area is 839 Å². The van der Waals surface area contributed by atoms with Gasteiger partial charge in [0.2, 0.25) is 0 Å². The number of hydrogen-bond acceptors (Lipinski definition) is 12. The van der Waals surface area contributed by atoms with Crippen LogP contribution in [0.25, 0.3) is 52.7 Å². The normalized spacial score (nSPS) is 15.7. The van der Waals surface area contributed by atoms with E-state index < -0.39 is 0 Å². The van der Waals surface area contributed by atoms with E-state index in [2.05, 4.69) is 229 Å². The molecule has 2 saturated heterocycles. The number of unbranched alkanes of at least 4 members (excludes halogenated alkanes) is 40. The molecule has 0 spiro atoms. The molecule has 8 nitrogen and oxygen atoms in total. The molecule has 4 aliphatic rings. The molecule has 12 rings (SSSR count). The third-order valence-corrected chi connectivity index (χ3v) is 36.5. The Hall–Kier alpha value is -3.67. The molecule has 0 amide bonds. The second-order valence-corrected chi connectivity index (χ2v) is 49.0. The molecule has 16 heteroatoms. The Bertz CT molecular complexity index is 4480. The first-order valence-corrected chi connectivity index (χ1v) is 59.2. The summed E-state index contributed by atoms with van der Waals surface area (Å²) in [5, 5.41) is 4.40. The summed E-state index contributed by atoms with van der Waals surface area (Å²) in [7, 11) is -0.731. The summed E-state index contributed by atoms with van der Waals surface area (Å²) in [4.78, 5) is 23.4. The predicted octanol–water partition coefficient (Wildman–Crippen LogP) is 37.8. The fourth-order valence-corrected chi connectivity index (χ4v) is 26.0. The summed E-state index contributed by atoms with van der Waals surface area (Å²) < 4.78 is 28.8. The van der Waals surface area contributed by atoms with E-state index in [0.29, 0.717) is 0 Å². The van der Waals surface area contributed by atoms with E-state index in [-0.39, 0.29) is 47.5 Å². The van der Waals surface area contributed by atoms with Gasteiger partial charge >= 0.3 is 14.2 Å². The molecule has 0 atom stereocenters. The van der Waals surface area contributed by atoms with Gasteiger partial charge in [-0.05, 0) is 245 Å². The van der Waals surface area contributed by atoms with Gasteiger partial charge in [-0.2, -0.15) is 0 Å². The highest BCUT2D eigenvalue weighted by Crippen LogP contribution is 2.58. The van der Waals surface area contributed by atoms with Crippen LogP contribution in [0, 0.1) is 13.8 Å². The van der Waals surface area contributed by atoms with Crippen LogP contribution in [0.15, 0.2) is 80.4 Å². The molecule has 6 heterocycles. The molecule has 2 aliphatic heterocycles. The maximum absolute atomic E-state index is 6.60. The van der Waals surface area contributed by atoms with Crippen LogP contribution in [0.2, 0.25) is 0 Å². The Morgan fingerprint density at radius 3 is 0.879 bits per heavy atom. The quantitative estimate of drug-likeness (QED) is 0.0275. The monoisotopic (exact) mass is 2000 g/mol. The molecule has 8 aromatic rings. The van der Waals surface area contributed by atoms with Crippen molar-refractivity contribution in [3.8, 4) is 52.7 Å². The van der Waals surface area contributed by atoms with E-state index in [4.69, 9.17) is 38.6 Å². The standard InChI is InChI=1S/C53H80N2S2.C41H64B2O4.C22H34Br2N2S2/c1-7-11-15-19-23-27-31-48-42(6)56-51(54-48)52-55-49(32-28-24-20-16-12-8-2)50(57-52)43-34-36-45-44-35-33-41(5)39-46(44)53(47(45)40-43,37-29-25-21-17-13-9-3)38-30-26-22-18-14-10-4;1-11-13-15-17-19-21-27-41(28-22-20-18-16-14-12-2)35-29-31(42-44-37(3,4)38(5,6)45-42)23-25-33(35)34-26-24-32(30-36(34)41)43-46-39(7,8)40(9,10)47-43;1-3-5-7-9-11-13-15-17-19(23)27-21(25-17)22-26-18(20(24)28-22)16-14-12-10-8-6-4-2/h33-36,39-40H,7-32,37-38H2,1-6H3;23-26,29-30H,11-22,27-28H2,1-10H3;3-16H2,1-2H3. The molecule has 2 fully saturated rings. The van der Waals surface area contributed by atoms with E-state index in [1.807, 2.05) is 22.7 Å². The van der Waals surface area contributed by atoms with Crippen LogP contribution in [0.1, 0.15) is 500 Å². The van der Waals surface area contributed by atoms with Crippen molar-refractivity contribution in [2.45, 2.75) is 517 Å². The van der Waals surface area contributed by atoms with Gasteiger partial charge in [0.1, 0.15) is 0 Å². The van der Waals surface area contributed by atoms with Gasteiger partial charge in [-0.15, -0.1) is 45.3 Å². The highest BCUT2D eigenvalue weighted by atomic mass is 79.9. The van der Waals surface area contributed by atoms with E-state index in [1.165, 1.54) is 406 Å². The number of aromatic nitrogens is 4. The summed E-state index contributed by atoms with van der Waals surface area (Å²) in [5.74, 6) is 0. The molecule has 132 heavy (non-hydrogen) atoms. The fourth-order valence-electron chi connectivity index (χ4n) is 20.7. The largest absolute Gasteiger partial charge is 0.494 e. The number of thiazole rings is 4. The molecule has 2 aliphatic carbocycles. The molecule has 0 N–H and O–H groups in total. The Balaban J connectivity index is 0.000000217. The summed E-state index contributed by atoms with van der Waals surface area (Å²) in [6.45, 7) is 40.2. The lowest BCUT2D eigenvalue weighted by Gasteiger charge is -2.33. The van der Waals surface area contributed by atoms with Crippen molar-refractivity contribution >= 4 is 102 Å². The molecule has 730 valence electrons. The first-order valence-electron chi connectivity index (χ1n) is 54.3. The maximum Gasteiger partial charge on any atom is 0.494 e. The molecule has 0 bridgehead atoms. The van der Waals surface area contributed by atoms with Gasteiger partial charge < -0.3 is 18.6 Å². The summed E-state index contributed by atoms with van der Waals surface area (Å²) in [6, 6.07) is 29.1. The van der Waals surface area contributed by atoms with Crippen LogP contribution >= 0.6 is 77.2 Å². The van der Waals surface area contributed by atoms with Crippen molar-refractivity contribution in [1.82, 2.24) is 19.9 Å². The van der Waals surface area contributed by atoms with Crippen molar-refractivity contribution in [3.05, 3.63) is 136 Å². The van der Waals surface area contributed by atoms with Crippen LogP contribution < -0.4 is 10.9 Å².